The number of piperazine rings is 1. The minimum atomic E-state index is -0.287. The number of aliphatic hydroxyl groups excluding tert-OH is 1. The Morgan fingerprint density at radius 3 is 2.50 bits per heavy atom. The first-order chi connectivity index (χ1) is 7.63. The van der Waals surface area contributed by atoms with E-state index in [0.717, 1.165) is 13.1 Å². The van der Waals surface area contributed by atoms with E-state index in [0.29, 0.717) is 31.7 Å². The van der Waals surface area contributed by atoms with Gasteiger partial charge >= 0.3 is 0 Å². The van der Waals surface area contributed by atoms with Crippen molar-refractivity contribution in [3.05, 3.63) is 0 Å². The van der Waals surface area contributed by atoms with Crippen molar-refractivity contribution in [2.75, 3.05) is 39.8 Å². The molecule has 0 aromatic carbocycles. The zero-order valence-corrected chi connectivity index (χ0v) is 9.67. The Labute approximate surface area is 95.6 Å². The first-order valence-electron chi connectivity index (χ1n) is 6.03. The van der Waals surface area contributed by atoms with E-state index in [1.807, 2.05) is 0 Å². The highest BCUT2D eigenvalue weighted by molar-refractivity contribution is 5.79. The van der Waals surface area contributed by atoms with Gasteiger partial charge in [-0.05, 0) is 13.5 Å². The quantitative estimate of drug-likeness (QED) is 0.626. The van der Waals surface area contributed by atoms with E-state index in [1.54, 1.807) is 4.90 Å². The molecule has 2 atom stereocenters. The Bertz CT molecular complexity index is 302. The lowest BCUT2D eigenvalue weighted by molar-refractivity contribution is -0.143. The number of aliphatic hydroxyl groups is 1. The van der Waals surface area contributed by atoms with Gasteiger partial charge in [0.1, 0.15) is 0 Å². The molecule has 2 unspecified atom stereocenters. The lowest BCUT2D eigenvalue weighted by atomic mass is 10.1. The first-order valence-corrected chi connectivity index (χ1v) is 6.03. The predicted molar refractivity (Wildman–Crippen MR) is 59.0 cm³/mol. The zero-order valence-electron chi connectivity index (χ0n) is 9.67. The van der Waals surface area contributed by atoms with Crippen molar-refractivity contribution in [3.63, 3.8) is 0 Å². The average molecular weight is 225 g/mol. The van der Waals surface area contributed by atoms with Crippen molar-refractivity contribution in [2.24, 2.45) is 0 Å². The van der Waals surface area contributed by atoms with Crippen LogP contribution < -0.4 is 0 Å². The normalized spacial score (nSPS) is 35.8. The van der Waals surface area contributed by atoms with E-state index in [2.05, 4.69) is 16.8 Å². The van der Waals surface area contributed by atoms with Crippen LogP contribution in [-0.4, -0.2) is 83.7 Å². The summed E-state index contributed by atoms with van der Waals surface area (Å²) < 4.78 is 0. The molecule has 16 heavy (non-hydrogen) atoms. The highest BCUT2D eigenvalue weighted by atomic mass is 16.3. The summed E-state index contributed by atoms with van der Waals surface area (Å²) in [6, 6.07) is 1.23. The molecule has 0 radical (unpaired) electrons. The summed E-state index contributed by atoms with van der Waals surface area (Å²) in [5.74, 6) is 0.181. The molecule has 5 nitrogen and oxygen atoms in total. The maximum atomic E-state index is 11.8. The molecule has 0 spiro atoms. The molecular weight excluding hydrogens is 206 g/mol. The van der Waals surface area contributed by atoms with E-state index in [-0.39, 0.29) is 12.0 Å². The topological polar surface area (TPSA) is 47.0 Å². The molecule has 5 heteroatoms. The van der Waals surface area contributed by atoms with Gasteiger partial charge in [-0.25, -0.2) is 0 Å². The molecule has 3 saturated heterocycles. The summed E-state index contributed by atoms with van der Waals surface area (Å²) in [5, 5.41) is 9.15. The Kier molecular flexibility index (Phi) is 2.42. The maximum Gasteiger partial charge on any atom is 0.236 e. The fourth-order valence-corrected chi connectivity index (χ4v) is 3.07. The molecule has 0 aromatic rings. The van der Waals surface area contributed by atoms with Crippen LogP contribution in [0.1, 0.15) is 6.42 Å². The molecule has 3 aliphatic rings. The second-order valence-electron chi connectivity index (χ2n) is 5.36. The van der Waals surface area contributed by atoms with Crippen LogP contribution in [-0.2, 0) is 4.79 Å². The van der Waals surface area contributed by atoms with Gasteiger partial charge < -0.3 is 14.9 Å². The van der Waals surface area contributed by atoms with Crippen LogP contribution in [0.15, 0.2) is 0 Å². The van der Waals surface area contributed by atoms with Gasteiger partial charge in [-0.2, -0.15) is 0 Å². The van der Waals surface area contributed by atoms with E-state index in [4.69, 9.17) is 5.11 Å². The van der Waals surface area contributed by atoms with Crippen LogP contribution in [0, 0.1) is 0 Å². The number of hydrogen-bond donors (Lipinski definition) is 1. The number of rotatable bonds is 2. The van der Waals surface area contributed by atoms with E-state index < -0.39 is 0 Å². The van der Waals surface area contributed by atoms with Gasteiger partial charge in [0.25, 0.3) is 0 Å². The zero-order chi connectivity index (χ0) is 11.3. The first kappa shape index (κ1) is 10.5. The van der Waals surface area contributed by atoms with Crippen molar-refractivity contribution in [1.29, 1.82) is 0 Å². The molecule has 2 bridgehead atoms. The summed E-state index contributed by atoms with van der Waals surface area (Å²) in [6.07, 6.45) is 0.928. The van der Waals surface area contributed by atoms with E-state index >= 15 is 0 Å². The van der Waals surface area contributed by atoms with Crippen molar-refractivity contribution in [3.8, 4) is 0 Å². The van der Waals surface area contributed by atoms with Crippen molar-refractivity contribution in [2.45, 2.75) is 24.6 Å². The maximum absolute atomic E-state index is 11.8. The molecule has 3 rings (SSSR count). The van der Waals surface area contributed by atoms with Crippen LogP contribution in [0.4, 0.5) is 0 Å². The third-order valence-electron chi connectivity index (χ3n) is 4.18. The fourth-order valence-electron chi connectivity index (χ4n) is 3.07. The molecule has 0 saturated carbocycles. The molecule has 0 aliphatic carbocycles. The van der Waals surface area contributed by atoms with Gasteiger partial charge in [-0.3, -0.25) is 9.69 Å². The summed E-state index contributed by atoms with van der Waals surface area (Å²) in [5.41, 5.74) is 0. The number of β-amino-alcohol motifs (C(OH)–C–C–N with tert-alkyl or cyclic N) is 1. The molecule has 3 fully saturated rings. The molecule has 0 aromatic heterocycles. The van der Waals surface area contributed by atoms with Crippen molar-refractivity contribution in [1.82, 2.24) is 14.7 Å². The smallest absolute Gasteiger partial charge is 0.236 e. The second kappa shape index (κ2) is 3.68. The number of hydrogen-bond acceptors (Lipinski definition) is 4. The Morgan fingerprint density at radius 2 is 2.00 bits per heavy atom. The van der Waals surface area contributed by atoms with E-state index in [9.17, 15) is 4.79 Å². The van der Waals surface area contributed by atoms with Crippen molar-refractivity contribution >= 4 is 5.91 Å². The van der Waals surface area contributed by atoms with Gasteiger partial charge in [0.05, 0.1) is 12.6 Å². The predicted octanol–water partition coefficient (Wildman–Crippen LogP) is -1.42. The van der Waals surface area contributed by atoms with Crippen LogP contribution >= 0.6 is 0 Å². The Balaban J connectivity index is 1.51. The molecular formula is C11H19N3O2. The SMILES string of the molecule is CN1CC2CC1CN2CC(=O)N1CC(O)C1. The summed E-state index contributed by atoms with van der Waals surface area (Å²) >= 11 is 0. The van der Waals surface area contributed by atoms with Gasteiger partial charge in [0.15, 0.2) is 0 Å². The number of fused-ring (bicyclic) bond motifs is 2. The number of amides is 1. The molecule has 3 heterocycles. The van der Waals surface area contributed by atoms with Gasteiger partial charge in [-0.1, -0.05) is 0 Å². The summed E-state index contributed by atoms with van der Waals surface area (Å²) in [7, 11) is 2.16. The molecule has 1 N–H and O–H groups in total. The lowest BCUT2D eigenvalue weighted by Gasteiger charge is -2.38. The second-order valence-corrected chi connectivity index (χ2v) is 5.36. The summed E-state index contributed by atoms with van der Waals surface area (Å²) in [6.45, 7) is 3.73. The highest BCUT2D eigenvalue weighted by Crippen LogP contribution is 2.29. The minimum Gasteiger partial charge on any atom is -0.389 e. The Morgan fingerprint density at radius 1 is 1.25 bits per heavy atom. The highest BCUT2D eigenvalue weighted by Gasteiger charge is 2.42. The van der Waals surface area contributed by atoms with Gasteiger partial charge in [0.2, 0.25) is 5.91 Å². The Hall–Kier alpha value is -0.650. The summed E-state index contributed by atoms with van der Waals surface area (Å²) in [4.78, 5) is 18.3. The lowest BCUT2D eigenvalue weighted by Crippen LogP contribution is -2.57. The molecule has 1 amide bonds. The largest absolute Gasteiger partial charge is 0.389 e. The van der Waals surface area contributed by atoms with Gasteiger partial charge in [-0.15, -0.1) is 0 Å². The average Bonchev–Trinajstić information content (AvgIpc) is 2.71. The standard InChI is InChI=1S/C11H19N3O2/c1-12-3-9-2-8(12)4-13(9)7-11(16)14-5-10(15)6-14/h8-10,15H,2-7H2,1H3. The minimum absolute atomic E-state index is 0.181. The number of likely N-dealkylation sites (N-methyl/N-ethyl adjacent to an activating group) is 1. The molecule has 3 aliphatic heterocycles. The number of nitrogens with zero attached hydrogens (tertiary/aromatic N) is 3. The van der Waals surface area contributed by atoms with Crippen LogP contribution in [0.2, 0.25) is 0 Å². The van der Waals surface area contributed by atoms with Crippen molar-refractivity contribution < 1.29 is 9.90 Å². The van der Waals surface area contributed by atoms with E-state index in [1.165, 1.54) is 6.42 Å². The third-order valence-corrected chi connectivity index (χ3v) is 4.18. The van der Waals surface area contributed by atoms with Gasteiger partial charge in [0, 0.05) is 38.3 Å². The number of carbonyl (C=O) groups excluding carboxylic acids is 1. The number of likely N-dealkylation sites (tertiary alicyclic amines) is 3. The monoisotopic (exact) mass is 225 g/mol. The van der Waals surface area contributed by atoms with Crippen LogP contribution in [0.25, 0.3) is 0 Å². The number of carbonyl (C=O) groups is 1. The molecule has 90 valence electrons. The van der Waals surface area contributed by atoms with Crippen LogP contribution in [0.5, 0.6) is 0 Å². The third kappa shape index (κ3) is 1.63. The van der Waals surface area contributed by atoms with Crippen LogP contribution in [0.3, 0.4) is 0 Å². The fraction of sp³-hybridized carbons (Fsp3) is 0.909.